The van der Waals surface area contributed by atoms with Gasteiger partial charge in [0, 0.05) is 25.3 Å². The molecule has 0 aromatic heterocycles. The van der Waals surface area contributed by atoms with Crippen molar-refractivity contribution in [3.63, 3.8) is 0 Å². The Kier molecular flexibility index (Phi) is 3.30. The van der Waals surface area contributed by atoms with Gasteiger partial charge in [0.15, 0.2) is 0 Å². The molecule has 0 unspecified atom stereocenters. The number of nitrogen functional groups attached to an aromatic ring is 1. The van der Waals surface area contributed by atoms with Gasteiger partial charge in [-0.1, -0.05) is 12.1 Å². The van der Waals surface area contributed by atoms with Crippen molar-refractivity contribution in [1.29, 1.82) is 0 Å². The molecule has 0 spiro atoms. The van der Waals surface area contributed by atoms with E-state index in [2.05, 4.69) is 28.8 Å². The Bertz CT molecular complexity index is 399. The number of thioether (sulfide) groups is 1. The van der Waals surface area contributed by atoms with Gasteiger partial charge in [-0.05, 0) is 47.5 Å². The van der Waals surface area contributed by atoms with Crippen LogP contribution in [0.25, 0.3) is 0 Å². The van der Waals surface area contributed by atoms with Crippen molar-refractivity contribution in [3.05, 3.63) is 29.3 Å². The lowest BCUT2D eigenvalue weighted by Crippen LogP contribution is -2.27. The standard InChI is InChI=1S/C14H20N2S/c15-14-3-1-2-12-9-16(10-13(12)14)8-11-4-6-17-7-5-11/h1-3,11H,4-10,15H2. The smallest absolute Gasteiger partial charge is 0.0363 e. The second-order valence-corrected chi connectivity index (χ2v) is 6.44. The predicted octanol–water partition coefficient (Wildman–Crippen LogP) is 2.73. The molecule has 1 fully saturated rings. The Balaban J connectivity index is 1.63. The predicted molar refractivity (Wildman–Crippen MR) is 75.0 cm³/mol. The normalized spacial score (nSPS) is 21.6. The van der Waals surface area contributed by atoms with Crippen molar-refractivity contribution in [1.82, 2.24) is 4.90 Å². The Morgan fingerprint density at radius 1 is 1.24 bits per heavy atom. The van der Waals surface area contributed by atoms with Crippen LogP contribution in [0.3, 0.4) is 0 Å². The van der Waals surface area contributed by atoms with E-state index in [1.54, 1.807) is 0 Å². The minimum atomic E-state index is 0.909. The third-order valence-electron chi connectivity index (χ3n) is 3.94. The number of hydrogen-bond donors (Lipinski definition) is 1. The highest BCUT2D eigenvalue weighted by molar-refractivity contribution is 7.99. The Morgan fingerprint density at radius 3 is 2.82 bits per heavy atom. The molecule has 1 saturated heterocycles. The maximum atomic E-state index is 6.04. The van der Waals surface area contributed by atoms with E-state index in [0.717, 1.165) is 24.7 Å². The lowest BCUT2D eigenvalue weighted by Gasteiger charge is -2.26. The SMILES string of the molecule is Nc1cccc2c1CN(CC1CCSCC1)C2. The molecule has 2 heterocycles. The first-order valence-corrected chi connectivity index (χ1v) is 7.65. The second-order valence-electron chi connectivity index (χ2n) is 5.21. The van der Waals surface area contributed by atoms with E-state index in [-0.39, 0.29) is 0 Å². The third kappa shape index (κ3) is 2.45. The quantitative estimate of drug-likeness (QED) is 0.816. The first-order valence-electron chi connectivity index (χ1n) is 6.49. The van der Waals surface area contributed by atoms with Crippen LogP contribution in [0.5, 0.6) is 0 Å². The number of fused-ring (bicyclic) bond motifs is 1. The van der Waals surface area contributed by atoms with Gasteiger partial charge in [0.2, 0.25) is 0 Å². The van der Waals surface area contributed by atoms with Gasteiger partial charge in [-0.3, -0.25) is 4.90 Å². The topological polar surface area (TPSA) is 29.3 Å². The monoisotopic (exact) mass is 248 g/mol. The molecular formula is C14H20N2S. The summed E-state index contributed by atoms with van der Waals surface area (Å²) in [5.74, 6) is 3.62. The summed E-state index contributed by atoms with van der Waals surface area (Å²) in [6.07, 6.45) is 2.79. The Hall–Kier alpha value is -0.670. The number of rotatable bonds is 2. The van der Waals surface area contributed by atoms with E-state index in [0.29, 0.717) is 0 Å². The van der Waals surface area contributed by atoms with E-state index in [1.165, 1.54) is 42.0 Å². The molecule has 2 nitrogen and oxygen atoms in total. The molecule has 17 heavy (non-hydrogen) atoms. The molecule has 0 amide bonds. The molecule has 3 rings (SSSR count). The van der Waals surface area contributed by atoms with Gasteiger partial charge >= 0.3 is 0 Å². The van der Waals surface area contributed by atoms with Crippen molar-refractivity contribution in [2.45, 2.75) is 25.9 Å². The highest BCUT2D eigenvalue weighted by Crippen LogP contribution is 2.30. The van der Waals surface area contributed by atoms with Crippen LogP contribution in [0.15, 0.2) is 18.2 Å². The summed E-state index contributed by atoms with van der Waals surface area (Å²) in [5.41, 5.74) is 9.83. The summed E-state index contributed by atoms with van der Waals surface area (Å²) < 4.78 is 0. The van der Waals surface area contributed by atoms with Gasteiger partial charge in [-0.25, -0.2) is 0 Å². The fraction of sp³-hybridized carbons (Fsp3) is 0.571. The van der Waals surface area contributed by atoms with Gasteiger partial charge in [0.05, 0.1) is 0 Å². The van der Waals surface area contributed by atoms with Crippen LogP contribution >= 0.6 is 11.8 Å². The summed E-state index contributed by atoms with van der Waals surface area (Å²) in [6.45, 7) is 3.42. The summed E-state index contributed by atoms with van der Waals surface area (Å²) in [4.78, 5) is 2.57. The summed E-state index contributed by atoms with van der Waals surface area (Å²) in [7, 11) is 0. The fourth-order valence-electron chi connectivity index (χ4n) is 2.94. The molecule has 1 aromatic carbocycles. The van der Waals surface area contributed by atoms with E-state index in [9.17, 15) is 0 Å². The number of benzene rings is 1. The van der Waals surface area contributed by atoms with E-state index >= 15 is 0 Å². The molecule has 2 N–H and O–H groups in total. The zero-order chi connectivity index (χ0) is 11.7. The van der Waals surface area contributed by atoms with Crippen LogP contribution in [0, 0.1) is 5.92 Å². The third-order valence-corrected chi connectivity index (χ3v) is 4.99. The lowest BCUT2D eigenvalue weighted by molar-refractivity contribution is 0.228. The van der Waals surface area contributed by atoms with Crippen LogP contribution in [-0.2, 0) is 13.1 Å². The van der Waals surface area contributed by atoms with Crippen molar-refractivity contribution in [2.75, 3.05) is 23.8 Å². The molecule has 0 saturated carbocycles. The van der Waals surface area contributed by atoms with Crippen molar-refractivity contribution in [2.24, 2.45) is 5.92 Å². The molecule has 0 bridgehead atoms. The van der Waals surface area contributed by atoms with Crippen LogP contribution < -0.4 is 5.73 Å². The number of anilines is 1. The maximum Gasteiger partial charge on any atom is 0.0363 e. The van der Waals surface area contributed by atoms with Crippen LogP contribution in [0.1, 0.15) is 24.0 Å². The molecule has 92 valence electrons. The maximum absolute atomic E-state index is 6.04. The minimum absolute atomic E-state index is 0.909. The number of nitrogens with two attached hydrogens (primary N) is 1. The van der Waals surface area contributed by atoms with E-state index in [1.807, 2.05) is 6.07 Å². The average Bonchev–Trinajstić information content (AvgIpc) is 2.74. The van der Waals surface area contributed by atoms with Crippen molar-refractivity contribution < 1.29 is 0 Å². The molecule has 0 aliphatic carbocycles. The zero-order valence-electron chi connectivity index (χ0n) is 10.2. The van der Waals surface area contributed by atoms with Gasteiger partial charge in [-0.15, -0.1) is 0 Å². The molecule has 0 atom stereocenters. The van der Waals surface area contributed by atoms with Crippen LogP contribution in [0.4, 0.5) is 5.69 Å². The minimum Gasteiger partial charge on any atom is -0.398 e. The van der Waals surface area contributed by atoms with E-state index < -0.39 is 0 Å². The van der Waals surface area contributed by atoms with Crippen LogP contribution in [0.2, 0.25) is 0 Å². The molecule has 2 aliphatic heterocycles. The first-order chi connectivity index (χ1) is 8.33. The molecule has 2 aliphatic rings. The zero-order valence-corrected chi connectivity index (χ0v) is 11.0. The molecule has 1 aromatic rings. The summed E-state index contributed by atoms with van der Waals surface area (Å²) in [5, 5.41) is 0. The highest BCUT2D eigenvalue weighted by atomic mass is 32.2. The summed E-state index contributed by atoms with van der Waals surface area (Å²) >= 11 is 2.11. The van der Waals surface area contributed by atoms with Crippen molar-refractivity contribution >= 4 is 17.4 Å². The van der Waals surface area contributed by atoms with Gasteiger partial charge < -0.3 is 5.73 Å². The first kappa shape index (κ1) is 11.4. The van der Waals surface area contributed by atoms with E-state index in [4.69, 9.17) is 5.73 Å². The number of hydrogen-bond acceptors (Lipinski definition) is 3. The highest BCUT2D eigenvalue weighted by Gasteiger charge is 2.24. The molecule has 3 heteroatoms. The average molecular weight is 248 g/mol. The fourth-order valence-corrected chi connectivity index (χ4v) is 4.14. The van der Waals surface area contributed by atoms with Crippen molar-refractivity contribution in [3.8, 4) is 0 Å². The molecule has 0 radical (unpaired) electrons. The van der Waals surface area contributed by atoms with Gasteiger partial charge in [0.25, 0.3) is 0 Å². The van der Waals surface area contributed by atoms with Gasteiger partial charge in [-0.2, -0.15) is 11.8 Å². The lowest BCUT2D eigenvalue weighted by atomic mass is 10.0. The largest absolute Gasteiger partial charge is 0.398 e. The second kappa shape index (κ2) is 4.91. The number of nitrogens with zero attached hydrogens (tertiary/aromatic N) is 1. The summed E-state index contributed by atoms with van der Waals surface area (Å²) in [6, 6.07) is 6.33. The van der Waals surface area contributed by atoms with Crippen LogP contribution in [-0.4, -0.2) is 23.0 Å². The van der Waals surface area contributed by atoms with Gasteiger partial charge in [0.1, 0.15) is 0 Å². The Labute approximate surface area is 108 Å². The molecular weight excluding hydrogens is 228 g/mol. The Morgan fingerprint density at radius 2 is 2.06 bits per heavy atom.